The molecule has 0 atom stereocenters. The number of hydrogen-bond donors (Lipinski definition) is 0. The number of Topliss-reactive ketones (excluding diaryl/α,β-unsaturated/α-hetero) is 1. The standard InChI is InChI=1S/C8H11N3O3/c1-2-3-7(12)4-10-5-8(9-6-10)11(13)14/h5-6H,2-4H2,1H3. The first-order valence-corrected chi connectivity index (χ1v) is 4.31. The lowest BCUT2D eigenvalue weighted by Crippen LogP contribution is -2.07. The zero-order chi connectivity index (χ0) is 10.6. The quantitative estimate of drug-likeness (QED) is 0.524. The van der Waals surface area contributed by atoms with Crippen molar-refractivity contribution in [2.45, 2.75) is 26.3 Å². The number of nitrogens with zero attached hydrogens (tertiary/aromatic N) is 3. The molecule has 0 aliphatic rings. The zero-order valence-corrected chi connectivity index (χ0v) is 7.84. The Balaban J connectivity index is 2.59. The Morgan fingerprint density at radius 1 is 1.71 bits per heavy atom. The minimum Gasteiger partial charge on any atom is -0.358 e. The fourth-order valence-electron chi connectivity index (χ4n) is 1.09. The van der Waals surface area contributed by atoms with Crippen LogP contribution in [0.25, 0.3) is 0 Å². The highest BCUT2D eigenvalue weighted by Gasteiger charge is 2.11. The fourth-order valence-corrected chi connectivity index (χ4v) is 1.09. The van der Waals surface area contributed by atoms with E-state index in [0.29, 0.717) is 6.42 Å². The van der Waals surface area contributed by atoms with Crippen LogP contribution in [0.1, 0.15) is 19.8 Å². The summed E-state index contributed by atoms with van der Waals surface area (Å²) in [6.45, 7) is 2.07. The molecule has 0 aliphatic carbocycles. The minimum atomic E-state index is -0.583. The van der Waals surface area contributed by atoms with Gasteiger partial charge in [0.2, 0.25) is 6.33 Å². The molecule has 0 aliphatic heterocycles. The number of aromatic nitrogens is 2. The van der Waals surface area contributed by atoms with Crippen molar-refractivity contribution in [3.63, 3.8) is 0 Å². The molecule has 1 aromatic heterocycles. The second-order valence-electron chi connectivity index (χ2n) is 2.95. The average molecular weight is 197 g/mol. The van der Waals surface area contributed by atoms with Crippen LogP contribution in [-0.2, 0) is 11.3 Å². The van der Waals surface area contributed by atoms with Crippen LogP contribution in [0.5, 0.6) is 0 Å². The van der Waals surface area contributed by atoms with E-state index in [0.717, 1.165) is 6.42 Å². The molecular formula is C8H11N3O3. The second kappa shape index (κ2) is 4.50. The van der Waals surface area contributed by atoms with E-state index in [1.54, 1.807) is 0 Å². The first kappa shape index (κ1) is 10.4. The van der Waals surface area contributed by atoms with Gasteiger partial charge in [-0.1, -0.05) is 6.92 Å². The summed E-state index contributed by atoms with van der Waals surface area (Å²) in [5, 5.41) is 10.3. The number of imidazole rings is 1. The predicted molar refractivity (Wildman–Crippen MR) is 48.8 cm³/mol. The highest BCUT2D eigenvalue weighted by atomic mass is 16.6. The summed E-state index contributed by atoms with van der Waals surface area (Å²) in [4.78, 5) is 24.4. The topological polar surface area (TPSA) is 78.0 Å². The molecule has 6 nitrogen and oxygen atoms in total. The first-order chi connectivity index (χ1) is 6.63. The molecule has 0 spiro atoms. The van der Waals surface area contributed by atoms with Crippen LogP contribution < -0.4 is 0 Å². The van der Waals surface area contributed by atoms with Crippen molar-refractivity contribution in [2.24, 2.45) is 0 Å². The third-order valence-electron chi connectivity index (χ3n) is 1.69. The summed E-state index contributed by atoms with van der Waals surface area (Å²) in [5.41, 5.74) is 0. The van der Waals surface area contributed by atoms with Gasteiger partial charge >= 0.3 is 5.82 Å². The van der Waals surface area contributed by atoms with Gasteiger partial charge in [-0.15, -0.1) is 0 Å². The van der Waals surface area contributed by atoms with E-state index in [2.05, 4.69) is 4.98 Å². The van der Waals surface area contributed by atoms with Crippen LogP contribution in [0, 0.1) is 10.1 Å². The van der Waals surface area contributed by atoms with Gasteiger partial charge in [-0.05, 0) is 16.3 Å². The molecule has 0 aromatic carbocycles. The maximum atomic E-state index is 11.2. The molecule has 0 unspecified atom stereocenters. The van der Waals surface area contributed by atoms with Crippen LogP contribution in [-0.4, -0.2) is 20.3 Å². The fraction of sp³-hybridized carbons (Fsp3) is 0.500. The van der Waals surface area contributed by atoms with Gasteiger partial charge in [0.05, 0.1) is 6.54 Å². The molecule has 14 heavy (non-hydrogen) atoms. The third kappa shape index (κ3) is 2.65. The molecule has 0 amide bonds. The third-order valence-corrected chi connectivity index (χ3v) is 1.69. The van der Waals surface area contributed by atoms with Crippen LogP contribution in [0.4, 0.5) is 5.82 Å². The number of rotatable bonds is 5. The van der Waals surface area contributed by atoms with Crippen molar-refractivity contribution in [1.29, 1.82) is 0 Å². The van der Waals surface area contributed by atoms with Crippen molar-refractivity contribution in [3.8, 4) is 0 Å². The SMILES string of the molecule is CCCC(=O)Cn1cnc([N+](=O)[O-])c1. The maximum absolute atomic E-state index is 11.2. The molecule has 0 saturated heterocycles. The predicted octanol–water partition coefficient (Wildman–Crippen LogP) is 1.16. The molecular weight excluding hydrogens is 186 g/mol. The normalized spacial score (nSPS) is 10.1. The summed E-state index contributed by atoms with van der Waals surface area (Å²) in [5.74, 6) is -0.172. The van der Waals surface area contributed by atoms with E-state index >= 15 is 0 Å². The van der Waals surface area contributed by atoms with E-state index in [1.165, 1.54) is 17.1 Å². The number of ketones is 1. The number of carbonyl (C=O) groups excluding carboxylic acids is 1. The van der Waals surface area contributed by atoms with Crippen molar-refractivity contribution in [1.82, 2.24) is 9.55 Å². The van der Waals surface area contributed by atoms with E-state index in [9.17, 15) is 14.9 Å². The van der Waals surface area contributed by atoms with Crippen molar-refractivity contribution in [2.75, 3.05) is 0 Å². The minimum absolute atomic E-state index is 0.0554. The maximum Gasteiger partial charge on any atom is 0.381 e. The Morgan fingerprint density at radius 3 is 2.93 bits per heavy atom. The molecule has 6 heteroatoms. The average Bonchev–Trinajstić information content (AvgIpc) is 2.53. The summed E-state index contributed by atoms with van der Waals surface area (Å²) in [6.07, 6.45) is 3.83. The Morgan fingerprint density at radius 2 is 2.43 bits per heavy atom. The van der Waals surface area contributed by atoms with Crippen LogP contribution in [0.3, 0.4) is 0 Å². The van der Waals surface area contributed by atoms with Gasteiger partial charge in [-0.2, -0.15) is 0 Å². The van der Waals surface area contributed by atoms with Gasteiger partial charge in [0.1, 0.15) is 6.20 Å². The highest BCUT2D eigenvalue weighted by Crippen LogP contribution is 2.06. The van der Waals surface area contributed by atoms with Crippen LogP contribution >= 0.6 is 0 Å². The van der Waals surface area contributed by atoms with E-state index < -0.39 is 4.92 Å². The first-order valence-electron chi connectivity index (χ1n) is 4.31. The van der Waals surface area contributed by atoms with Crippen molar-refractivity contribution >= 4 is 11.6 Å². The Kier molecular flexibility index (Phi) is 3.33. The molecule has 0 radical (unpaired) electrons. The number of hydrogen-bond acceptors (Lipinski definition) is 4. The summed E-state index contributed by atoms with van der Waals surface area (Å²) < 4.78 is 1.43. The largest absolute Gasteiger partial charge is 0.381 e. The Bertz CT molecular complexity index is 345. The van der Waals surface area contributed by atoms with Gasteiger partial charge in [0.15, 0.2) is 5.78 Å². The van der Waals surface area contributed by atoms with E-state index in [1.807, 2.05) is 6.92 Å². The second-order valence-corrected chi connectivity index (χ2v) is 2.95. The lowest BCUT2D eigenvalue weighted by Gasteiger charge is -1.97. The summed E-state index contributed by atoms with van der Waals surface area (Å²) in [7, 11) is 0. The van der Waals surface area contributed by atoms with Crippen molar-refractivity contribution < 1.29 is 9.72 Å². The zero-order valence-electron chi connectivity index (χ0n) is 7.84. The molecule has 0 bridgehead atoms. The molecule has 0 N–H and O–H groups in total. The molecule has 1 rings (SSSR count). The molecule has 76 valence electrons. The summed E-state index contributed by atoms with van der Waals surface area (Å²) in [6, 6.07) is 0. The molecule has 0 saturated carbocycles. The lowest BCUT2D eigenvalue weighted by molar-refractivity contribution is -0.389. The van der Waals surface area contributed by atoms with Crippen LogP contribution in [0.15, 0.2) is 12.5 Å². The van der Waals surface area contributed by atoms with Gasteiger partial charge < -0.3 is 14.7 Å². The van der Waals surface area contributed by atoms with Gasteiger partial charge in [-0.25, -0.2) is 0 Å². The van der Waals surface area contributed by atoms with Gasteiger partial charge in [0.25, 0.3) is 0 Å². The smallest absolute Gasteiger partial charge is 0.358 e. The Labute approximate surface area is 80.7 Å². The van der Waals surface area contributed by atoms with Gasteiger partial charge in [-0.3, -0.25) is 4.79 Å². The van der Waals surface area contributed by atoms with E-state index in [4.69, 9.17) is 0 Å². The van der Waals surface area contributed by atoms with Crippen molar-refractivity contribution in [3.05, 3.63) is 22.6 Å². The number of carbonyl (C=O) groups is 1. The van der Waals surface area contributed by atoms with Gasteiger partial charge in [0, 0.05) is 6.42 Å². The molecule has 0 fully saturated rings. The van der Waals surface area contributed by atoms with Crippen LogP contribution in [0.2, 0.25) is 0 Å². The molecule has 1 aromatic rings. The Hall–Kier alpha value is -1.72. The highest BCUT2D eigenvalue weighted by molar-refractivity contribution is 5.78. The monoisotopic (exact) mass is 197 g/mol. The van der Waals surface area contributed by atoms with E-state index in [-0.39, 0.29) is 18.1 Å². The summed E-state index contributed by atoms with van der Waals surface area (Å²) >= 11 is 0. The lowest BCUT2D eigenvalue weighted by atomic mass is 10.2. The number of nitro groups is 1. The molecule has 1 heterocycles.